The normalized spacial score (nSPS) is 11.3. The first-order valence-corrected chi connectivity index (χ1v) is 7.26. The van der Waals surface area contributed by atoms with E-state index in [1.165, 1.54) is 6.07 Å². The maximum Gasteiger partial charge on any atom is 0.202 e. The number of sulfonamides is 1. The predicted octanol–water partition coefficient (Wildman–Crippen LogP) is 1.53. The molecule has 5 nitrogen and oxygen atoms in total. The monoisotopic (exact) mass is 277 g/mol. The van der Waals surface area contributed by atoms with Crippen LogP contribution in [0.4, 0.5) is 5.82 Å². The Morgan fingerprint density at radius 3 is 2.58 bits per heavy atom. The molecule has 2 aromatic rings. The highest BCUT2D eigenvalue weighted by molar-refractivity contribution is 7.94. The molecule has 0 amide bonds. The van der Waals surface area contributed by atoms with Gasteiger partial charge in [-0.2, -0.15) is 0 Å². The van der Waals surface area contributed by atoms with Crippen molar-refractivity contribution < 1.29 is 14.2 Å². The van der Waals surface area contributed by atoms with E-state index >= 15 is 0 Å². The van der Waals surface area contributed by atoms with Gasteiger partial charge in [-0.1, -0.05) is 42.1 Å². The van der Waals surface area contributed by atoms with Crippen LogP contribution in [0.25, 0.3) is 4.72 Å². The minimum absolute atomic E-state index is 0.188. The van der Waals surface area contributed by atoms with Crippen LogP contribution in [0.2, 0.25) is 0 Å². The van der Waals surface area contributed by atoms with Gasteiger partial charge >= 0.3 is 0 Å². The lowest BCUT2D eigenvalue weighted by atomic mass is 10.2. The van der Waals surface area contributed by atoms with Gasteiger partial charge < -0.3 is 15.4 Å². The minimum Gasteiger partial charge on any atom is -0.439 e. The smallest absolute Gasteiger partial charge is 0.202 e. The summed E-state index contributed by atoms with van der Waals surface area (Å²) in [6.07, 6.45) is 0. The molecule has 0 bridgehead atoms. The van der Waals surface area contributed by atoms with Crippen LogP contribution < -0.4 is 5.73 Å². The number of hydrogen-bond donors (Lipinski definition) is 1. The molecular formula is C13H15N3O2S. The predicted molar refractivity (Wildman–Crippen MR) is 72.2 cm³/mol. The Hall–Kier alpha value is -1.92. The van der Waals surface area contributed by atoms with Gasteiger partial charge in [-0.15, -0.1) is 0 Å². The number of rotatable bonds is 4. The summed E-state index contributed by atoms with van der Waals surface area (Å²) in [6.45, 7) is 2.18. The molecule has 0 unspecified atom stereocenters. The van der Waals surface area contributed by atoms with Gasteiger partial charge in [-0.25, -0.2) is 8.42 Å². The zero-order chi connectivity index (χ0) is 13.9. The van der Waals surface area contributed by atoms with E-state index < -0.39 is 10.0 Å². The molecule has 1 aromatic carbocycles. The summed E-state index contributed by atoms with van der Waals surface area (Å²) in [4.78, 5) is 4.27. The van der Waals surface area contributed by atoms with E-state index in [-0.39, 0.29) is 10.7 Å². The van der Waals surface area contributed by atoms with Crippen LogP contribution in [0.5, 0.6) is 0 Å². The van der Waals surface area contributed by atoms with Crippen LogP contribution in [-0.4, -0.2) is 13.4 Å². The minimum atomic E-state index is -3.75. The number of aromatic nitrogens is 1. The molecule has 2 rings (SSSR count). The zero-order valence-corrected chi connectivity index (χ0v) is 11.4. The number of benzene rings is 1. The summed E-state index contributed by atoms with van der Waals surface area (Å²) in [6, 6.07) is 11.8. The zero-order valence-electron chi connectivity index (χ0n) is 10.6. The molecule has 0 fully saturated rings. The molecule has 0 aliphatic carbocycles. The van der Waals surface area contributed by atoms with Crippen molar-refractivity contribution in [3.05, 3.63) is 58.4 Å². The third kappa shape index (κ3) is 3.10. The third-order valence-electron chi connectivity index (χ3n) is 2.61. The van der Waals surface area contributed by atoms with Crippen molar-refractivity contribution in [2.75, 3.05) is 0 Å². The molecule has 19 heavy (non-hydrogen) atoms. The van der Waals surface area contributed by atoms with Gasteiger partial charge in [0.15, 0.2) is 0 Å². The molecule has 0 saturated carbocycles. The second-order valence-corrected chi connectivity index (χ2v) is 5.63. The van der Waals surface area contributed by atoms with Gasteiger partial charge in [-0.3, -0.25) is 0 Å². The number of aryl methyl sites for hydroxylation is 1. The van der Waals surface area contributed by atoms with Crippen molar-refractivity contribution in [1.82, 2.24) is 4.98 Å². The van der Waals surface area contributed by atoms with E-state index in [9.17, 15) is 8.42 Å². The second kappa shape index (κ2) is 5.38. The molecule has 0 saturated heterocycles. The maximum absolute atomic E-state index is 12.3. The first-order chi connectivity index (χ1) is 9.03. The largest absolute Gasteiger partial charge is 0.439 e. The van der Waals surface area contributed by atoms with Gasteiger partial charge in [0, 0.05) is 5.56 Å². The first kappa shape index (κ1) is 13.5. The lowest BCUT2D eigenvalue weighted by Crippen LogP contribution is -2.47. The van der Waals surface area contributed by atoms with Crippen molar-refractivity contribution in [1.29, 1.82) is 0 Å². The maximum atomic E-state index is 12.3. The van der Waals surface area contributed by atoms with Crippen LogP contribution in [0.15, 0.2) is 47.4 Å². The average molecular weight is 277 g/mol. The van der Waals surface area contributed by atoms with Crippen LogP contribution in [0.1, 0.15) is 11.3 Å². The Bertz CT molecular complexity index is 684. The van der Waals surface area contributed by atoms with Gasteiger partial charge in [0.1, 0.15) is 6.54 Å². The van der Waals surface area contributed by atoms with E-state index in [1.54, 1.807) is 43.3 Å². The standard InChI is InChI=1S/C13H14N3O2S/c1-10-5-4-8-13(15-10)16-19(17,18)12-7-3-2-6-11(12)9-14/h2-8H,9,14H2,1H3/q-1/p+1. The molecule has 0 aliphatic rings. The Balaban J connectivity index is 2.38. The first-order valence-electron chi connectivity index (χ1n) is 5.82. The molecule has 1 heterocycles. The van der Waals surface area contributed by atoms with Crippen molar-refractivity contribution in [2.24, 2.45) is 0 Å². The highest BCUT2D eigenvalue weighted by Crippen LogP contribution is 2.27. The van der Waals surface area contributed by atoms with E-state index in [1.807, 2.05) is 0 Å². The molecule has 0 aliphatic heterocycles. The van der Waals surface area contributed by atoms with Gasteiger partial charge in [0.2, 0.25) is 10.0 Å². The van der Waals surface area contributed by atoms with Gasteiger partial charge in [0.05, 0.1) is 4.90 Å². The fraction of sp³-hybridized carbons (Fsp3) is 0.154. The van der Waals surface area contributed by atoms with Gasteiger partial charge in [-0.05, 0) is 18.8 Å². The molecule has 0 spiro atoms. The Kier molecular flexibility index (Phi) is 3.82. The topological polar surface area (TPSA) is 88.8 Å². The summed E-state index contributed by atoms with van der Waals surface area (Å²) >= 11 is 0. The average Bonchev–Trinajstić information content (AvgIpc) is 2.38. The SMILES string of the molecule is Cc1cccc([N-]S(=O)(=O)c2ccccc2C[NH3+])n1. The highest BCUT2D eigenvalue weighted by atomic mass is 32.2. The molecular weight excluding hydrogens is 262 g/mol. The summed E-state index contributed by atoms with van der Waals surface area (Å²) < 4.78 is 28.3. The van der Waals surface area contributed by atoms with Crippen molar-refractivity contribution in [3.63, 3.8) is 0 Å². The number of quaternary nitrogens is 1. The molecule has 100 valence electrons. The Labute approximate surface area is 112 Å². The van der Waals surface area contributed by atoms with Crippen LogP contribution in [-0.2, 0) is 16.6 Å². The molecule has 0 atom stereocenters. The third-order valence-corrected chi connectivity index (χ3v) is 3.99. The summed E-state index contributed by atoms with van der Waals surface area (Å²) in [7, 11) is -3.75. The Morgan fingerprint density at radius 1 is 1.16 bits per heavy atom. The fourth-order valence-corrected chi connectivity index (χ4v) is 2.91. The molecule has 0 radical (unpaired) electrons. The number of pyridine rings is 1. The number of hydrogen-bond acceptors (Lipinski definition) is 3. The van der Waals surface area contributed by atoms with E-state index in [0.717, 1.165) is 5.69 Å². The van der Waals surface area contributed by atoms with Crippen LogP contribution in [0.3, 0.4) is 0 Å². The fourth-order valence-electron chi connectivity index (χ4n) is 1.71. The lowest BCUT2D eigenvalue weighted by Gasteiger charge is -2.17. The van der Waals surface area contributed by atoms with E-state index in [0.29, 0.717) is 12.1 Å². The van der Waals surface area contributed by atoms with Crippen LogP contribution >= 0.6 is 0 Å². The lowest BCUT2D eigenvalue weighted by molar-refractivity contribution is -0.387. The van der Waals surface area contributed by atoms with Crippen molar-refractivity contribution >= 4 is 15.8 Å². The summed E-state index contributed by atoms with van der Waals surface area (Å²) in [5.41, 5.74) is 5.11. The second-order valence-electron chi connectivity index (χ2n) is 4.06. The summed E-state index contributed by atoms with van der Waals surface area (Å²) in [5, 5.41) is 0. The van der Waals surface area contributed by atoms with Crippen molar-refractivity contribution in [2.45, 2.75) is 18.4 Å². The van der Waals surface area contributed by atoms with E-state index in [2.05, 4.69) is 15.4 Å². The molecule has 1 aromatic heterocycles. The summed E-state index contributed by atoms with van der Waals surface area (Å²) in [5.74, 6) is 0.193. The quantitative estimate of drug-likeness (QED) is 0.919. The van der Waals surface area contributed by atoms with Gasteiger partial charge in [0.25, 0.3) is 0 Å². The Morgan fingerprint density at radius 2 is 1.89 bits per heavy atom. The number of nitrogens with zero attached hydrogens (tertiary/aromatic N) is 2. The molecule has 3 N–H and O–H groups in total. The molecule has 6 heteroatoms. The van der Waals surface area contributed by atoms with E-state index in [4.69, 9.17) is 0 Å². The highest BCUT2D eigenvalue weighted by Gasteiger charge is 2.14. The van der Waals surface area contributed by atoms with Crippen LogP contribution in [0, 0.1) is 6.92 Å². The van der Waals surface area contributed by atoms with Crippen molar-refractivity contribution in [3.8, 4) is 0 Å².